The van der Waals surface area contributed by atoms with Gasteiger partial charge in [0.25, 0.3) is 10.2 Å². The third-order valence-electron chi connectivity index (χ3n) is 3.12. The molecule has 0 spiro atoms. The molecule has 1 rings (SSSR count). The van der Waals surface area contributed by atoms with Crippen molar-refractivity contribution in [1.82, 2.24) is 9.03 Å². The summed E-state index contributed by atoms with van der Waals surface area (Å²) < 4.78 is 26.8. The van der Waals surface area contributed by atoms with Crippen molar-refractivity contribution in [2.24, 2.45) is 0 Å². The minimum atomic E-state index is -3.47. The second-order valence-electron chi connectivity index (χ2n) is 5.14. The van der Waals surface area contributed by atoms with Crippen molar-refractivity contribution in [3.05, 3.63) is 29.3 Å². The molecular formula is C14H23N3O3S. The molecule has 0 saturated heterocycles. The lowest BCUT2D eigenvalue weighted by Gasteiger charge is -2.24. The van der Waals surface area contributed by atoms with Crippen LogP contribution in [0.15, 0.2) is 18.2 Å². The Morgan fingerprint density at radius 2 is 1.86 bits per heavy atom. The van der Waals surface area contributed by atoms with Crippen LogP contribution in [0.1, 0.15) is 18.1 Å². The largest absolute Gasteiger partial charge is 0.311 e. The Balaban J connectivity index is 2.83. The first-order chi connectivity index (χ1) is 9.65. The molecule has 6 nitrogen and oxygen atoms in total. The average Bonchev–Trinajstić information content (AvgIpc) is 2.35. The molecule has 1 N–H and O–H groups in total. The Morgan fingerprint density at radius 3 is 2.33 bits per heavy atom. The van der Waals surface area contributed by atoms with Crippen LogP contribution in [0.4, 0.5) is 5.69 Å². The van der Waals surface area contributed by atoms with Crippen molar-refractivity contribution in [3.63, 3.8) is 0 Å². The lowest BCUT2D eigenvalue weighted by atomic mass is 10.1. The Hall–Kier alpha value is -1.44. The zero-order chi connectivity index (χ0) is 16.2. The van der Waals surface area contributed by atoms with Crippen molar-refractivity contribution in [1.29, 1.82) is 0 Å². The number of benzene rings is 1. The number of anilines is 1. The number of hydrogen-bond donors (Lipinski definition) is 1. The van der Waals surface area contributed by atoms with Gasteiger partial charge in [-0.15, -0.1) is 0 Å². The molecule has 1 aromatic carbocycles. The summed E-state index contributed by atoms with van der Waals surface area (Å²) in [4.78, 5) is 13.4. The van der Waals surface area contributed by atoms with E-state index in [0.717, 1.165) is 21.1 Å². The van der Waals surface area contributed by atoms with Crippen LogP contribution in [-0.4, -0.2) is 45.8 Å². The maximum absolute atomic E-state index is 11.8. The highest BCUT2D eigenvalue weighted by Gasteiger charge is 2.16. The Bertz CT molecular complexity index is 612. The van der Waals surface area contributed by atoms with Gasteiger partial charge in [0.05, 0.1) is 0 Å². The van der Waals surface area contributed by atoms with Crippen LogP contribution < -0.4 is 9.62 Å². The smallest absolute Gasteiger partial charge is 0.278 e. The van der Waals surface area contributed by atoms with Crippen LogP contribution in [0, 0.1) is 13.8 Å². The molecule has 0 heterocycles. The monoisotopic (exact) mass is 313 g/mol. The van der Waals surface area contributed by atoms with Gasteiger partial charge in [0.15, 0.2) is 0 Å². The third-order valence-corrected chi connectivity index (χ3v) is 4.65. The van der Waals surface area contributed by atoms with E-state index in [1.807, 2.05) is 32.0 Å². The van der Waals surface area contributed by atoms with E-state index in [1.165, 1.54) is 21.0 Å². The first-order valence-electron chi connectivity index (χ1n) is 6.67. The quantitative estimate of drug-likeness (QED) is 0.853. The van der Waals surface area contributed by atoms with Crippen LogP contribution in [0.5, 0.6) is 0 Å². The second-order valence-corrected chi connectivity index (χ2v) is 7.11. The molecule has 0 radical (unpaired) electrons. The summed E-state index contributed by atoms with van der Waals surface area (Å²) in [5.41, 5.74) is 2.91. The second kappa shape index (κ2) is 7.02. The maximum atomic E-state index is 11.8. The molecule has 0 saturated carbocycles. The summed E-state index contributed by atoms with van der Waals surface area (Å²) in [5, 5.41) is 0. The van der Waals surface area contributed by atoms with Gasteiger partial charge in [-0.2, -0.15) is 12.7 Å². The Labute approximate surface area is 126 Å². The van der Waals surface area contributed by atoms with E-state index < -0.39 is 10.2 Å². The molecule has 0 aliphatic rings. The van der Waals surface area contributed by atoms with Crippen LogP contribution in [0.3, 0.4) is 0 Å². The van der Waals surface area contributed by atoms with E-state index >= 15 is 0 Å². The van der Waals surface area contributed by atoms with Crippen molar-refractivity contribution in [3.8, 4) is 0 Å². The van der Waals surface area contributed by atoms with Crippen LogP contribution in [-0.2, 0) is 15.0 Å². The van der Waals surface area contributed by atoms with E-state index in [9.17, 15) is 13.2 Å². The lowest BCUT2D eigenvalue weighted by Crippen LogP contribution is -2.41. The number of hydrogen-bond acceptors (Lipinski definition) is 3. The maximum Gasteiger partial charge on any atom is 0.278 e. The summed E-state index contributed by atoms with van der Waals surface area (Å²) >= 11 is 0. The van der Waals surface area contributed by atoms with Crippen molar-refractivity contribution < 1.29 is 13.2 Å². The normalized spacial score (nSPS) is 11.7. The molecule has 1 aromatic rings. The van der Waals surface area contributed by atoms with E-state index in [2.05, 4.69) is 4.72 Å². The highest BCUT2D eigenvalue weighted by atomic mass is 32.2. The van der Waals surface area contributed by atoms with Gasteiger partial charge in [0.1, 0.15) is 0 Å². The minimum Gasteiger partial charge on any atom is -0.311 e. The number of aryl methyl sites for hydroxylation is 2. The lowest BCUT2D eigenvalue weighted by molar-refractivity contribution is -0.116. The number of nitrogens with one attached hydrogen (secondary N) is 1. The molecule has 0 fully saturated rings. The summed E-state index contributed by atoms with van der Waals surface area (Å²) in [6.07, 6.45) is 0. The van der Waals surface area contributed by atoms with E-state index in [0.29, 0.717) is 0 Å². The predicted octanol–water partition coefficient (Wildman–Crippen LogP) is 1.05. The van der Waals surface area contributed by atoms with Gasteiger partial charge >= 0.3 is 0 Å². The number of amides is 1. The molecule has 0 aromatic heterocycles. The zero-order valence-electron chi connectivity index (χ0n) is 13.2. The van der Waals surface area contributed by atoms with Crippen molar-refractivity contribution in [2.45, 2.75) is 20.8 Å². The molecule has 21 heavy (non-hydrogen) atoms. The molecule has 0 aliphatic carbocycles. The summed E-state index contributed by atoms with van der Waals surface area (Å²) in [7, 11) is -0.566. The highest BCUT2D eigenvalue weighted by molar-refractivity contribution is 7.87. The van der Waals surface area contributed by atoms with Crippen molar-refractivity contribution in [2.75, 3.05) is 32.1 Å². The van der Waals surface area contributed by atoms with Crippen LogP contribution >= 0.6 is 0 Å². The minimum absolute atomic E-state index is 0.119. The van der Waals surface area contributed by atoms with Gasteiger partial charge < -0.3 is 4.90 Å². The molecular weight excluding hydrogens is 290 g/mol. The highest BCUT2D eigenvalue weighted by Crippen LogP contribution is 2.21. The van der Waals surface area contributed by atoms with Crippen LogP contribution in [0.2, 0.25) is 0 Å². The van der Waals surface area contributed by atoms with E-state index in [1.54, 1.807) is 4.90 Å². The summed E-state index contributed by atoms with van der Waals surface area (Å²) in [6.45, 7) is 5.84. The molecule has 0 atom stereocenters. The third kappa shape index (κ3) is 4.80. The molecule has 118 valence electrons. The van der Waals surface area contributed by atoms with Gasteiger partial charge in [-0.3, -0.25) is 4.79 Å². The Morgan fingerprint density at radius 1 is 1.24 bits per heavy atom. The van der Waals surface area contributed by atoms with Gasteiger partial charge in [-0.1, -0.05) is 17.7 Å². The molecule has 1 amide bonds. The first-order valence-corrected chi connectivity index (χ1v) is 8.11. The summed E-state index contributed by atoms with van der Waals surface area (Å²) in [5.74, 6) is -0.119. The standard InChI is InChI=1S/C14H23N3O3S/c1-11-6-7-14(12(2)10-11)17(13(3)18)9-8-15-21(19,20)16(4)5/h6-7,10,15H,8-9H2,1-5H3. The first kappa shape index (κ1) is 17.6. The fraction of sp³-hybridized carbons (Fsp3) is 0.500. The number of carbonyl (C=O) groups excluding carboxylic acids is 1. The zero-order valence-corrected chi connectivity index (χ0v) is 14.0. The van der Waals surface area contributed by atoms with Gasteiger partial charge in [-0.05, 0) is 25.5 Å². The average molecular weight is 313 g/mol. The SMILES string of the molecule is CC(=O)N(CCNS(=O)(=O)N(C)C)c1ccc(C)cc1C. The molecule has 0 bridgehead atoms. The fourth-order valence-electron chi connectivity index (χ4n) is 1.97. The number of carbonyl (C=O) groups is 1. The van der Waals surface area contributed by atoms with Gasteiger partial charge in [0, 0.05) is 39.8 Å². The van der Waals surface area contributed by atoms with Crippen molar-refractivity contribution >= 4 is 21.8 Å². The summed E-state index contributed by atoms with van der Waals surface area (Å²) in [6, 6.07) is 5.81. The number of nitrogens with zero attached hydrogens (tertiary/aromatic N) is 2. The van der Waals surface area contributed by atoms with Gasteiger partial charge in [0.2, 0.25) is 5.91 Å². The number of rotatable bonds is 6. The topological polar surface area (TPSA) is 69.7 Å². The van der Waals surface area contributed by atoms with Gasteiger partial charge in [-0.25, -0.2) is 4.72 Å². The van der Waals surface area contributed by atoms with E-state index in [4.69, 9.17) is 0 Å². The molecule has 7 heteroatoms. The Kier molecular flexibility index (Phi) is 5.88. The molecule has 0 unspecified atom stereocenters. The fourth-order valence-corrected chi connectivity index (χ4v) is 2.58. The van der Waals surface area contributed by atoms with Crippen LogP contribution in [0.25, 0.3) is 0 Å². The predicted molar refractivity (Wildman–Crippen MR) is 84.6 cm³/mol. The van der Waals surface area contributed by atoms with E-state index in [-0.39, 0.29) is 19.0 Å². The molecule has 0 aliphatic heterocycles.